The summed E-state index contributed by atoms with van der Waals surface area (Å²) in [6.07, 6.45) is 0.425. The number of hydrogen-bond donors (Lipinski definition) is 3. The summed E-state index contributed by atoms with van der Waals surface area (Å²) in [5.41, 5.74) is -0.342. The van der Waals surface area contributed by atoms with E-state index in [0.29, 0.717) is 18.1 Å². The fraction of sp³-hybridized carbons (Fsp3) is 0.778. The maximum atomic E-state index is 10.9. The number of aliphatic hydroxyl groups is 1. The molecule has 0 heterocycles. The Morgan fingerprint density at radius 2 is 2.07 bits per heavy atom. The van der Waals surface area contributed by atoms with Gasteiger partial charge in [-0.1, -0.05) is 0 Å². The summed E-state index contributed by atoms with van der Waals surface area (Å²) in [5.74, 6) is 0.118. The SMILES string of the molecule is CC(=O)CC(C)(C)NC(=S)NCCO. The second-order valence-corrected chi connectivity index (χ2v) is 4.28. The molecule has 4 nitrogen and oxygen atoms in total. The number of thiocarbonyl (C=S) groups is 1. The van der Waals surface area contributed by atoms with Crippen LogP contribution in [0.1, 0.15) is 27.2 Å². The van der Waals surface area contributed by atoms with Crippen LogP contribution in [-0.2, 0) is 4.79 Å². The Morgan fingerprint density at radius 1 is 1.50 bits per heavy atom. The van der Waals surface area contributed by atoms with Gasteiger partial charge in [-0.2, -0.15) is 0 Å². The van der Waals surface area contributed by atoms with E-state index >= 15 is 0 Å². The van der Waals surface area contributed by atoms with Crippen molar-refractivity contribution in [3.05, 3.63) is 0 Å². The lowest BCUT2D eigenvalue weighted by Gasteiger charge is -2.26. The predicted molar refractivity (Wildman–Crippen MR) is 60.2 cm³/mol. The van der Waals surface area contributed by atoms with Crippen LogP contribution in [0.2, 0.25) is 0 Å². The van der Waals surface area contributed by atoms with E-state index in [1.165, 1.54) is 0 Å². The number of hydrogen-bond acceptors (Lipinski definition) is 3. The maximum Gasteiger partial charge on any atom is 0.166 e. The van der Waals surface area contributed by atoms with Crippen LogP contribution in [0.3, 0.4) is 0 Å². The first-order valence-corrected chi connectivity index (χ1v) is 4.94. The fourth-order valence-electron chi connectivity index (χ4n) is 1.19. The molecule has 3 N–H and O–H groups in total. The topological polar surface area (TPSA) is 61.4 Å². The third-order valence-corrected chi connectivity index (χ3v) is 1.79. The molecule has 0 spiro atoms. The van der Waals surface area contributed by atoms with Gasteiger partial charge in [0, 0.05) is 18.5 Å². The first-order valence-electron chi connectivity index (χ1n) is 4.54. The van der Waals surface area contributed by atoms with Crippen LogP contribution in [0.4, 0.5) is 0 Å². The molecule has 0 rings (SSSR count). The zero-order valence-electron chi connectivity index (χ0n) is 8.89. The van der Waals surface area contributed by atoms with Gasteiger partial charge in [0.1, 0.15) is 5.78 Å². The molecule has 0 unspecified atom stereocenters. The average Bonchev–Trinajstić information content (AvgIpc) is 1.96. The summed E-state index contributed by atoms with van der Waals surface area (Å²) < 4.78 is 0. The standard InChI is InChI=1S/C9H18N2O2S/c1-7(13)6-9(2,3)11-8(14)10-4-5-12/h12H,4-6H2,1-3H3,(H2,10,11,14). The summed E-state index contributed by atoms with van der Waals surface area (Å²) in [7, 11) is 0. The highest BCUT2D eigenvalue weighted by molar-refractivity contribution is 7.80. The summed E-state index contributed by atoms with van der Waals surface area (Å²) in [6.45, 7) is 5.81. The lowest BCUT2D eigenvalue weighted by atomic mass is 9.99. The summed E-state index contributed by atoms with van der Waals surface area (Å²) in [4.78, 5) is 10.9. The molecule has 0 radical (unpaired) electrons. The molecule has 0 aliphatic carbocycles. The minimum absolute atomic E-state index is 0.0367. The Balaban J connectivity index is 3.95. The van der Waals surface area contributed by atoms with Gasteiger partial charge in [-0.3, -0.25) is 4.79 Å². The van der Waals surface area contributed by atoms with E-state index in [4.69, 9.17) is 17.3 Å². The molecule has 5 heteroatoms. The van der Waals surface area contributed by atoms with E-state index in [-0.39, 0.29) is 17.9 Å². The second kappa shape index (κ2) is 5.93. The van der Waals surface area contributed by atoms with Crippen molar-refractivity contribution in [2.24, 2.45) is 0 Å². The summed E-state index contributed by atoms with van der Waals surface area (Å²) in [6, 6.07) is 0. The molecular formula is C9H18N2O2S. The lowest BCUT2D eigenvalue weighted by Crippen LogP contribution is -2.49. The van der Waals surface area contributed by atoms with Crippen molar-refractivity contribution in [3.63, 3.8) is 0 Å². The van der Waals surface area contributed by atoms with Crippen molar-refractivity contribution in [3.8, 4) is 0 Å². The third kappa shape index (κ3) is 6.80. The number of ketones is 1. The molecule has 82 valence electrons. The number of rotatable bonds is 5. The van der Waals surface area contributed by atoms with Gasteiger partial charge in [0.2, 0.25) is 0 Å². The molecular weight excluding hydrogens is 200 g/mol. The van der Waals surface area contributed by atoms with Crippen molar-refractivity contribution in [1.82, 2.24) is 10.6 Å². The van der Waals surface area contributed by atoms with Crippen molar-refractivity contribution in [2.45, 2.75) is 32.7 Å². The molecule has 0 amide bonds. The summed E-state index contributed by atoms with van der Waals surface area (Å²) in [5, 5.41) is 14.8. The van der Waals surface area contributed by atoms with E-state index < -0.39 is 0 Å². The normalized spacial score (nSPS) is 10.9. The molecule has 0 aromatic rings. The fourth-order valence-corrected chi connectivity index (χ4v) is 1.57. The van der Waals surface area contributed by atoms with E-state index in [0.717, 1.165) is 0 Å². The highest BCUT2D eigenvalue weighted by atomic mass is 32.1. The molecule has 0 saturated carbocycles. The quantitative estimate of drug-likeness (QED) is 0.575. The molecule has 0 fully saturated rings. The van der Waals surface area contributed by atoms with Gasteiger partial charge in [0.25, 0.3) is 0 Å². The monoisotopic (exact) mass is 218 g/mol. The Bertz CT molecular complexity index is 217. The van der Waals surface area contributed by atoms with Crippen molar-refractivity contribution in [1.29, 1.82) is 0 Å². The van der Waals surface area contributed by atoms with Gasteiger partial charge in [-0.05, 0) is 33.0 Å². The van der Waals surface area contributed by atoms with E-state index in [1.807, 2.05) is 13.8 Å². The Kier molecular flexibility index (Phi) is 5.64. The zero-order valence-corrected chi connectivity index (χ0v) is 9.70. The molecule has 0 aliphatic rings. The number of aliphatic hydroxyl groups excluding tert-OH is 1. The molecule has 14 heavy (non-hydrogen) atoms. The van der Waals surface area contributed by atoms with Gasteiger partial charge in [0.05, 0.1) is 6.61 Å². The van der Waals surface area contributed by atoms with Gasteiger partial charge < -0.3 is 15.7 Å². The van der Waals surface area contributed by atoms with Crippen LogP contribution in [-0.4, -0.2) is 34.7 Å². The number of Topliss-reactive ketones (excluding diaryl/α,β-unsaturated/α-hetero) is 1. The van der Waals surface area contributed by atoms with Crippen LogP contribution in [0.25, 0.3) is 0 Å². The maximum absolute atomic E-state index is 10.9. The Morgan fingerprint density at radius 3 is 2.50 bits per heavy atom. The average molecular weight is 218 g/mol. The van der Waals surface area contributed by atoms with Crippen molar-refractivity contribution >= 4 is 23.1 Å². The van der Waals surface area contributed by atoms with Crippen molar-refractivity contribution < 1.29 is 9.90 Å². The van der Waals surface area contributed by atoms with Crippen LogP contribution < -0.4 is 10.6 Å². The first-order chi connectivity index (χ1) is 6.37. The minimum Gasteiger partial charge on any atom is -0.395 e. The van der Waals surface area contributed by atoms with Gasteiger partial charge >= 0.3 is 0 Å². The molecule has 0 aliphatic heterocycles. The molecule has 0 aromatic carbocycles. The van der Waals surface area contributed by atoms with E-state index in [9.17, 15) is 4.79 Å². The highest BCUT2D eigenvalue weighted by Gasteiger charge is 2.20. The largest absolute Gasteiger partial charge is 0.395 e. The van der Waals surface area contributed by atoms with Crippen LogP contribution >= 0.6 is 12.2 Å². The molecule has 0 aromatic heterocycles. The lowest BCUT2D eigenvalue weighted by molar-refractivity contribution is -0.118. The Hall–Kier alpha value is -0.680. The van der Waals surface area contributed by atoms with Crippen LogP contribution in [0.15, 0.2) is 0 Å². The Labute approximate surface area is 90.1 Å². The molecule has 0 bridgehead atoms. The predicted octanol–water partition coefficient (Wildman–Crippen LogP) is 0.201. The van der Waals surface area contributed by atoms with E-state index in [2.05, 4.69) is 10.6 Å². The van der Waals surface area contributed by atoms with Crippen molar-refractivity contribution in [2.75, 3.05) is 13.2 Å². The molecule has 0 saturated heterocycles. The van der Waals surface area contributed by atoms with Gasteiger partial charge in [0.15, 0.2) is 5.11 Å². The number of carbonyl (C=O) groups is 1. The third-order valence-electron chi connectivity index (χ3n) is 1.54. The highest BCUT2D eigenvalue weighted by Crippen LogP contribution is 2.08. The van der Waals surface area contributed by atoms with Gasteiger partial charge in [-0.15, -0.1) is 0 Å². The minimum atomic E-state index is -0.342. The first kappa shape index (κ1) is 13.3. The number of carbonyl (C=O) groups excluding carboxylic acids is 1. The van der Waals surface area contributed by atoms with E-state index in [1.54, 1.807) is 6.92 Å². The smallest absolute Gasteiger partial charge is 0.166 e. The zero-order chi connectivity index (χ0) is 11.2. The van der Waals surface area contributed by atoms with Crippen LogP contribution in [0, 0.1) is 0 Å². The second-order valence-electron chi connectivity index (χ2n) is 3.87. The van der Waals surface area contributed by atoms with Crippen LogP contribution in [0.5, 0.6) is 0 Å². The van der Waals surface area contributed by atoms with Gasteiger partial charge in [-0.25, -0.2) is 0 Å². The summed E-state index contributed by atoms with van der Waals surface area (Å²) >= 11 is 4.98. The number of nitrogens with one attached hydrogen (secondary N) is 2. The molecule has 0 atom stereocenters.